The van der Waals surface area contributed by atoms with Crippen molar-refractivity contribution < 1.29 is 10.2 Å². The van der Waals surface area contributed by atoms with Crippen molar-refractivity contribution in [2.45, 2.75) is 38.9 Å². The van der Waals surface area contributed by atoms with Gasteiger partial charge in [0, 0.05) is 0 Å². The maximum Gasteiger partial charge on any atom is 0.0872 e. The molecule has 2 aromatic rings. The van der Waals surface area contributed by atoms with Gasteiger partial charge in [-0.3, -0.25) is 0 Å². The molecule has 0 radical (unpaired) electrons. The van der Waals surface area contributed by atoms with E-state index in [1.54, 1.807) is 27.7 Å². The maximum absolute atomic E-state index is 9.10. The lowest BCUT2D eigenvalue weighted by Crippen LogP contribution is -2.44. The van der Waals surface area contributed by atoms with Crippen LogP contribution in [-0.2, 0) is 0 Å². The van der Waals surface area contributed by atoms with Crippen LogP contribution in [0.25, 0.3) is 11.1 Å². The molecule has 108 valence electrons. The zero-order valence-electron chi connectivity index (χ0n) is 12.7. The van der Waals surface area contributed by atoms with Gasteiger partial charge >= 0.3 is 0 Å². The van der Waals surface area contributed by atoms with E-state index < -0.39 is 11.2 Å². The van der Waals surface area contributed by atoms with Gasteiger partial charge in [0.05, 0.1) is 11.2 Å². The van der Waals surface area contributed by atoms with E-state index in [1.807, 2.05) is 12.1 Å². The molecule has 0 saturated heterocycles. The first kappa shape index (κ1) is 16.4. The van der Waals surface area contributed by atoms with Gasteiger partial charge in [-0.1, -0.05) is 60.7 Å². The van der Waals surface area contributed by atoms with Crippen LogP contribution in [0, 0.1) is 0 Å². The molecule has 0 aliphatic carbocycles. The van der Waals surface area contributed by atoms with E-state index in [9.17, 15) is 0 Å². The average molecular weight is 272 g/mol. The van der Waals surface area contributed by atoms with Crippen molar-refractivity contribution in [2.24, 2.45) is 0 Å². The highest BCUT2D eigenvalue weighted by molar-refractivity contribution is 5.62. The molecule has 2 N–H and O–H groups in total. The van der Waals surface area contributed by atoms with Gasteiger partial charge in [0.1, 0.15) is 0 Å². The summed E-state index contributed by atoms with van der Waals surface area (Å²) in [5.74, 6) is 0. The molecule has 0 aliphatic rings. The highest BCUT2D eigenvalue weighted by Crippen LogP contribution is 2.19. The maximum atomic E-state index is 9.10. The fourth-order valence-electron chi connectivity index (χ4n) is 1.26. The van der Waals surface area contributed by atoms with Crippen LogP contribution in [0.2, 0.25) is 0 Å². The van der Waals surface area contributed by atoms with Crippen molar-refractivity contribution in [3.05, 3.63) is 60.7 Å². The second-order valence-corrected chi connectivity index (χ2v) is 5.85. The molecule has 2 rings (SSSR count). The Kier molecular flexibility index (Phi) is 5.49. The zero-order chi connectivity index (χ0) is 15.2. The highest BCUT2D eigenvalue weighted by atomic mass is 16.3. The minimum atomic E-state index is -1.01. The summed E-state index contributed by atoms with van der Waals surface area (Å²) in [6.45, 7) is 6.31. The van der Waals surface area contributed by atoms with Gasteiger partial charge in [-0.05, 0) is 38.8 Å². The van der Waals surface area contributed by atoms with Crippen LogP contribution in [0.15, 0.2) is 60.7 Å². The molecule has 20 heavy (non-hydrogen) atoms. The zero-order valence-corrected chi connectivity index (χ0v) is 12.7. The van der Waals surface area contributed by atoms with Crippen molar-refractivity contribution in [3.63, 3.8) is 0 Å². The molecule has 2 heteroatoms. The topological polar surface area (TPSA) is 40.5 Å². The fraction of sp³-hybridized carbons (Fsp3) is 0.333. The predicted octanol–water partition coefficient (Wildman–Crippen LogP) is 3.88. The van der Waals surface area contributed by atoms with Crippen molar-refractivity contribution >= 4 is 0 Å². The number of hydrogen-bond donors (Lipinski definition) is 2. The molecule has 0 heterocycles. The van der Waals surface area contributed by atoms with Crippen LogP contribution in [0.3, 0.4) is 0 Å². The lowest BCUT2D eigenvalue weighted by atomic mass is 9.90. The number of hydrogen-bond acceptors (Lipinski definition) is 2. The Morgan fingerprint density at radius 3 is 1.00 bits per heavy atom. The summed E-state index contributed by atoms with van der Waals surface area (Å²) in [5, 5.41) is 18.2. The Bertz CT molecular complexity index is 441. The summed E-state index contributed by atoms with van der Waals surface area (Å²) in [6.07, 6.45) is 0. The smallest absolute Gasteiger partial charge is 0.0872 e. The van der Waals surface area contributed by atoms with Crippen molar-refractivity contribution in [1.82, 2.24) is 0 Å². The third kappa shape index (κ3) is 5.16. The Balaban J connectivity index is 0.000000221. The average Bonchev–Trinajstić information content (AvgIpc) is 2.39. The lowest BCUT2D eigenvalue weighted by Gasteiger charge is -2.31. The molecule has 0 aliphatic heterocycles. The highest BCUT2D eigenvalue weighted by Gasteiger charge is 2.31. The van der Waals surface area contributed by atoms with Crippen LogP contribution in [0.4, 0.5) is 0 Å². The SMILES string of the molecule is CC(C)(O)C(C)(C)O.c1ccc(-c2ccccc2)cc1. The Hall–Kier alpha value is -1.64. The van der Waals surface area contributed by atoms with Gasteiger partial charge in [0.2, 0.25) is 0 Å². The third-order valence-electron chi connectivity index (χ3n) is 3.38. The summed E-state index contributed by atoms with van der Waals surface area (Å²) in [7, 11) is 0. The number of rotatable bonds is 2. The van der Waals surface area contributed by atoms with E-state index in [4.69, 9.17) is 10.2 Å². The van der Waals surface area contributed by atoms with Gasteiger partial charge in [0.15, 0.2) is 0 Å². The van der Waals surface area contributed by atoms with Gasteiger partial charge in [-0.15, -0.1) is 0 Å². The van der Waals surface area contributed by atoms with E-state index >= 15 is 0 Å². The molecule has 0 amide bonds. The van der Waals surface area contributed by atoms with Crippen LogP contribution < -0.4 is 0 Å². The van der Waals surface area contributed by atoms with E-state index in [1.165, 1.54) is 11.1 Å². The molecular formula is C18H24O2. The largest absolute Gasteiger partial charge is 0.387 e. The first-order valence-corrected chi connectivity index (χ1v) is 6.77. The van der Waals surface area contributed by atoms with E-state index in [2.05, 4.69) is 48.5 Å². The number of aliphatic hydroxyl groups is 2. The lowest BCUT2D eigenvalue weighted by molar-refractivity contribution is -0.107. The molecule has 0 aromatic heterocycles. The number of benzene rings is 2. The molecular weight excluding hydrogens is 248 g/mol. The summed E-state index contributed by atoms with van der Waals surface area (Å²) < 4.78 is 0. The standard InChI is InChI=1S/C12H10.C6H14O2/c1-3-7-11(8-4-1)12-9-5-2-6-10-12;1-5(2,7)6(3,4)8/h1-10H;7-8H,1-4H3. The second-order valence-electron chi connectivity index (χ2n) is 5.85. The van der Waals surface area contributed by atoms with Gasteiger partial charge in [0.25, 0.3) is 0 Å². The minimum absolute atomic E-state index is 1.01. The molecule has 0 fully saturated rings. The van der Waals surface area contributed by atoms with E-state index in [0.29, 0.717) is 0 Å². The van der Waals surface area contributed by atoms with Crippen LogP contribution in [0.5, 0.6) is 0 Å². The summed E-state index contributed by atoms with van der Waals surface area (Å²) in [6, 6.07) is 20.8. The molecule has 0 spiro atoms. The Morgan fingerprint density at radius 1 is 0.550 bits per heavy atom. The molecule has 0 saturated carbocycles. The molecule has 0 unspecified atom stereocenters. The first-order valence-electron chi connectivity index (χ1n) is 6.77. The first-order chi connectivity index (χ1) is 9.22. The van der Waals surface area contributed by atoms with E-state index in [0.717, 1.165) is 0 Å². The summed E-state index contributed by atoms with van der Waals surface area (Å²) in [5.41, 5.74) is 0.538. The van der Waals surface area contributed by atoms with Crippen LogP contribution >= 0.6 is 0 Å². The summed E-state index contributed by atoms with van der Waals surface area (Å²) in [4.78, 5) is 0. The van der Waals surface area contributed by atoms with Crippen molar-refractivity contribution in [2.75, 3.05) is 0 Å². The normalized spacial score (nSPS) is 11.5. The predicted molar refractivity (Wildman–Crippen MR) is 84.5 cm³/mol. The fourth-order valence-corrected chi connectivity index (χ4v) is 1.26. The summed E-state index contributed by atoms with van der Waals surface area (Å²) >= 11 is 0. The van der Waals surface area contributed by atoms with Crippen molar-refractivity contribution in [1.29, 1.82) is 0 Å². The van der Waals surface area contributed by atoms with Gasteiger partial charge in [-0.2, -0.15) is 0 Å². The second kappa shape index (κ2) is 6.69. The minimum Gasteiger partial charge on any atom is -0.387 e. The molecule has 0 atom stereocenters. The van der Waals surface area contributed by atoms with Crippen LogP contribution in [-0.4, -0.2) is 21.4 Å². The monoisotopic (exact) mass is 272 g/mol. The van der Waals surface area contributed by atoms with Crippen molar-refractivity contribution in [3.8, 4) is 11.1 Å². The Morgan fingerprint density at radius 2 is 0.800 bits per heavy atom. The molecule has 2 aromatic carbocycles. The molecule has 2 nitrogen and oxygen atoms in total. The van der Waals surface area contributed by atoms with Gasteiger partial charge < -0.3 is 10.2 Å². The molecule has 0 bridgehead atoms. The van der Waals surface area contributed by atoms with Gasteiger partial charge in [-0.25, -0.2) is 0 Å². The quantitative estimate of drug-likeness (QED) is 0.871. The third-order valence-corrected chi connectivity index (χ3v) is 3.38. The Labute approximate surface area is 121 Å². The van der Waals surface area contributed by atoms with E-state index in [-0.39, 0.29) is 0 Å². The van der Waals surface area contributed by atoms with Crippen LogP contribution in [0.1, 0.15) is 27.7 Å².